The summed E-state index contributed by atoms with van der Waals surface area (Å²) < 4.78 is 64.2. The van der Waals surface area contributed by atoms with Gasteiger partial charge >= 0.3 is 6.18 Å². The summed E-state index contributed by atoms with van der Waals surface area (Å²) in [7, 11) is 1.51. The number of ketones is 1. The van der Waals surface area contributed by atoms with Crippen molar-refractivity contribution in [3.8, 4) is 16.9 Å². The van der Waals surface area contributed by atoms with Crippen molar-refractivity contribution in [1.82, 2.24) is 14.7 Å². The second kappa shape index (κ2) is 13.6. The van der Waals surface area contributed by atoms with E-state index >= 15 is 0 Å². The lowest BCUT2D eigenvalue weighted by Gasteiger charge is -2.32. The van der Waals surface area contributed by atoms with Gasteiger partial charge in [0.2, 0.25) is 0 Å². The number of alkyl halides is 3. The summed E-state index contributed by atoms with van der Waals surface area (Å²) in [5, 5.41) is 4.90. The van der Waals surface area contributed by atoms with Crippen molar-refractivity contribution in [1.29, 1.82) is 0 Å². The largest absolute Gasteiger partial charge is 0.483 e. The van der Waals surface area contributed by atoms with Crippen LogP contribution in [0, 0.1) is 11.7 Å². The van der Waals surface area contributed by atoms with Crippen molar-refractivity contribution < 1.29 is 36.6 Å². The Morgan fingerprint density at radius 1 is 0.955 bits per heavy atom. The predicted octanol–water partition coefficient (Wildman–Crippen LogP) is 6.95. The van der Waals surface area contributed by atoms with E-state index in [4.69, 9.17) is 9.47 Å². The number of piperidine rings is 1. The lowest BCUT2D eigenvalue weighted by Crippen LogP contribution is -2.39. The maximum atomic E-state index is 13.2. The highest BCUT2D eigenvalue weighted by atomic mass is 19.4. The van der Waals surface area contributed by atoms with E-state index < -0.39 is 12.8 Å². The molecule has 0 atom stereocenters. The van der Waals surface area contributed by atoms with Crippen molar-refractivity contribution >= 4 is 22.6 Å². The number of Topliss-reactive ketones (excluding diaryl/α,β-unsaturated/α-hetero) is 1. The number of nitrogens with zero attached hydrogens (tertiary/aromatic N) is 3. The summed E-state index contributed by atoms with van der Waals surface area (Å²) in [6.45, 7) is 0.475. The molecule has 2 heterocycles. The van der Waals surface area contributed by atoms with Gasteiger partial charge in [-0.2, -0.15) is 18.3 Å². The second-order valence-electron chi connectivity index (χ2n) is 11.0. The number of hydrogen-bond acceptors (Lipinski definition) is 5. The summed E-state index contributed by atoms with van der Waals surface area (Å²) in [6, 6.07) is 16.5. The van der Waals surface area contributed by atoms with E-state index in [1.165, 1.54) is 25.3 Å². The minimum atomic E-state index is -4.56. The fourth-order valence-electron chi connectivity index (χ4n) is 5.47. The van der Waals surface area contributed by atoms with E-state index in [2.05, 4.69) is 5.10 Å². The molecule has 7 nitrogen and oxygen atoms in total. The van der Waals surface area contributed by atoms with Gasteiger partial charge in [-0.15, -0.1) is 0 Å². The number of carbonyl (C=O) groups excluding carboxylic acids is 2. The van der Waals surface area contributed by atoms with Gasteiger partial charge in [-0.1, -0.05) is 24.3 Å². The molecule has 1 aromatic heterocycles. The first-order valence-corrected chi connectivity index (χ1v) is 14.5. The van der Waals surface area contributed by atoms with Gasteiger partial charge in [0.25, 0.3) is 5.91 Å². The van der Waals surface area contributed by atoms with Gasteiger partial charge in [-0.25, -0.2) is 4.39 Å². The smallest absolute Gasteiger partial charge is 0.422 e. The van der Waals surface area contributed by atoms with Crippen LogP contribution >= 0.6 is 0 Å². The summed E-state index contributed by atoms with van der Waals surface area (Å²) >= 11 is 0. The summed E-state index contributed by atoms with van der Waals surface area (Å²) in [6.07, 6.45) is -0.913. The molecule has 0 bridgehead atoms. The van der Waals surface area contributed by atoms with E-state index in [9.17, 15) is 27.2 Å². The molecule has 44 heavy (non-hydrogen) atoms. The molecular weight excluding hydrogens is 578 g/mol. The van der Waals surface area contributed by atoms with Crippen LogP contribution in [0.25, 0.3) is 22.0 Å². The Balaban J connectivity index is 1.23. The summed E-state index contributed by atoms with van der Waals surface area (Å²) in [5.74, 6) is -0.605. The number of likely N-dealkylation sites (tertiary alicyclic amines) is 1. The first-order chi connectivity index (χ1) is 21.1. The van der Waals surface area contributed by atoms with Crippen LogP contribution < -0.4 is 4.74 Å². The highest BCUT2D eigenvalue weighted by Crippen LogP contribution is 2.33. The monoisotopic (exact) mass is 611 g/mol. The van der Waals surface area contributed by atoms with Crippen LogP contribution in [-0.4, -0.2) is 66.0 Å². The molecule has 1 aliphatic rings. The Morgan fingerprint density at radius 3 is 2.25 bits per heavy atom. The molecule has 3 aromatic carbocycles. The van der Waals surface area contributed by atoms with Crippen LogP contribution in [-0.2, 0) is 11.3 Å². The molecule has 5 rings (SSSR count). The minimum Gasteiger partial charge on any atom is -0.483 e. The van der Waals surface area contributed by atoms with E-state index in [1.807, 2.05) is 17.0 Å². The van der Waals surface area contributed by atoms with Gasteiger partial charge in [0.05, 0.1) is 16.5 Å². The highest BCUT2D eigenvalue weighted by Gasteiger charge is 2.30. The highest BCUT2D eigenvalue weighted by molar-refractivity contribution is 6.04. The summed E-state index contributed by atoms with van der Waals surface area (Å²) in [5.41, 5.74) is 2.86. The zero-order valence-electron chi connectivity index (χ0n) is 24.3. The van der Waals surface area contributed by atoms with Gasteiger partial charge in [-0.3, -0.25) is 14.3 Å². The second-order valence-corrected chi connectivity index (χ2v) is 11.0. The number of carbonyl (C=O) groups is 2. The van der Waals surface area contributed by atoms with Gasteiger partial charge in [-0.05, 0) is 72.7 Å². The zero-order chi connectivity index (χ0) is 31.3. The molecule has 1 amide bonds. The van der Waals surface area contributed by atoms with Crippen molar-refractivity contribution in [2.45, 2.75) is 38.4 Å². The van der Waals surface area contributed by atoms with E-state index in [0.717, 1.165) is 24.0 Å². The maximum absolute atomic E-state index is 13.2. The Kier molecular flexibility index (Phi) is 9.63. The average Bonchev–Trinajstić information content (AvgIpc) is 3.42. The van der Waals surface area contributed by atoms with Crippen LogP contribution in [0.2, 0.25) is 0 Å². The van der Waals surface area contributed by atoms with Crippen molar-refractivity contribution in [2.24, 2.45) is 5.92 Å². The normalized spacial score (nSPS) is 14.2. The Morgan fingerprint density at radius 2 is 1.61 bits per heavy atom. The van der Waals surface area contributed by atoms with Gasteiger partial charge in [0.15, 0.2) is 12.4 Å². The van der Waals surface area contributed by atoms with Crippen LogP contribution in [0.5, 0.6) is 5.75 Å². The first-order valence-electron chi connectivity index (χ1n) is 14.5. The molecule has 0 aliphatic carbocycles. The van der Waals surface area contributed by atoms with Crippen LogP contribution in [0.1, 0.15) is 46.4 Å². The molecule has 0 saturated carbocycles. The third-order valence-corrected chi connectivity index (χ3v) is 7.78. The fraction of sp³-hybridized carbons (Fsp3) is 0.364. The van der Waals surface area contributed by atoms with Crippen LogP contribution in [0.4, 0.5) is 17.6 Å². The third-order valence-electron chi connectivity index (χ3n) is 7.78. The lowest BCUT2D eigenvalue weighted by atomic mass is 9.96. The maximum Gasteiger partial charge on any atom is 0.422 e. The molecule has 1 saturated heterocycles. The Hall–Kier alpha value is -4.25. The molecule has 0 radical (unpaired) electrons. The van der Waals surface area contributed by atoms with Crippen molar-refractivity contribution in [2.75, 3.05) is 33.4 Å². The van der Waals surface area contributed by atoms with Gasteiger partial charge in [0, 0.05) is 51.5 Å². The number of ether oxygens (including phenoxy) is 2. The first kappa shape index (κ1) is 31.2. The van der Waals surface area contributed by atoms with Gasteiger partial charge in [0.1, 0.15) is 11.6 Å². The quantitative estimate of drug-likeness (QED) is 0.104. The molecule has 0 N–H and O–H groups in total. The predicted molar refractivity (Wildman–Crippen MR) is 157 cm³/mol. The summed E-state index contributed by atoms with van der Waals surface area (Å²) in [4.78, 5) is 27.8. The molecule has 0 spiro atoms. The third kappa shape index (κ3) is 7.63. The number of methoxy groups -OCH3 is 1. The number of hydrogen-bond donors (Lipinski definition) is 0. The molecule has 232 valence electrons. The number of aromatic nitrogens is 2. The molecule has 0 unspecified atom stereocenters. The molecule has 1 fully saturated rings. The fourth-order valence-corrected chi connectivity index (χ4v) is 5.47. The van der Waals surface area contributed by atoms with E-state index in [0.29, 0.717) is 49.1 Å². The molecular formula is C33H33F4N3O4. The number of fused-ring (bicyclic) bond motifs is 1. The molecule has 4 aromatic rings. The van der Waals surface area contributed by atoms with Gasteiger partial charge < -0.3 is 14.4 Å². The molecule has 1 aliphatic heterocycles. The average molecular weight is 612 g/mol. The van der Waals surface area contributed by atoms with Crippen molar-refractivity contribution in [3.05, 3.63) is 83.8 Å². The molecule has 11 heteroatoms. The lowest BCUT2D eigenvalue weighted by molar-refractivity contribution is -0.153. The van der Waals surface area contributed by atoms with E-state index in [1.54, 1.807) is 41.2 Å². The SMILES string of the molecule is COCCCC(=O)c1ccc2nn(CC3CCN(C(=O)c4ccc(-c5ccc(F)cc5)cc4)CC3)cc2c1OCC(F)(F)F. The van der Waals surface area contributed by atoms with Crippen LogP contribution in [0.3, 0.4) is 0 Å². The number of benzene rings is 3. The Labute approximate surface area is 252 Å². The number of amides is 1. The Bertz CT molecular complexity index is 1590. The number of rotatable bonds is 11. The minimum absolute atomic E-state index is 0.0620. The van der Waals surface area contributed by atoms with Crippen LogP contribution in [0.15, 0.2) is 66.9 Å². The van der Waals surface area contributed by atoms with Crippen molar-refractivity contribution in [3.63, 3.8) is 0 Å². The zero-order valence-corrected chi connectivity index (χ0v) is 24.3. The number of halogens is 4. The van der Waals surface area contributed by atoms with E-state index in [-0.39, 0.29) is 41.2 Å². The topological polar surface area (TPSA) is 73.7 Å². The standard InChI is InChI=1S/C33H33F4N3O4/c1-43-18-2-3-30(41)27-12-13-29-28(31(27)44-21-33(35,36)37)20-40(38-29)19-22-14-16-39(17-15-22)32(42)25-6-4-23(5-7-25)24-8-10-26(34)11-9-24/h4-13,20,22H,2-3,14-19,21H2,1H3.